The molecule has 0 N–H and O–H groups in total. The number of aromatic nitrogens is 2. The second-order valence-corrected chi connectivity index (χ2v) is 3.75. The van der Waals surface area contributed by atoms with Crippen LogP contribution in [-0.4, -0.2) is 22.0 Å². The van der Waals surface area contributed by atoms with Crippen LogP contribution in [0.5, 0.6) is 5.75 Å². The number of oxime groups is 1. The zero-order chi connectivity index (χ0) is 10.7. The molecule has 2 rings (SSSR count). The molecule has 0 aliphatic carbocycles. The Balaban J connectivity index is 1.93. The van der Waals surface area contributed by atoms with Gasteiger partial charge in [0.1, 0.15) is 12.4 Å². The third-order valence-electron chi connectivity index (χ3n) is 2.18. The summed E-state index contributed by atoms with van der Waals surface area (Å²) in [6.45, 7) is 4.18. The predicted molar refractivity (Wildman–Crippen MR) is 54.4 cm³/mol. The molecule has 1 aromatic rings. The van der Waals surface area contributed by atoms with Gasteiger partial charge in [0, 0.05) is 0 Å². The van der Waals surface area contributed by atoms with Crippen molar-refractivity contribution < 1.29 is 9.57 Å². The average Bonchev–Trinajstić information content (AvgIpc) is 2.68. The van der Waals surface area contributed by atoms with Crippen LogP contribution in [0.2, 0.25) is 0 Å². The first-order chi connectivity index (χ1) is 7.25. The monoisotopic (exact) mass is 207 g/mol. The van der Waals surface area contributed by atoms with Crippen LogP contribution < -0.4 is 4.74 Å². The van der Waals surface area contributed by atoms with Crippen LogP contribution in [0.25, 0.3) is 0 Å². The Labute approximate surface area is 88.1 Å². The van der Waals surface area contributed by atoms with Crippen molar-refractivity contribution in [2.45, 2.75) is 26.4 Å². The van der Waals surface area contributed by atoms with E-state index in [4.69, 9.17) is 9.57 Å². The van der Waals surface area contributed by atoms with Crippen LogP contribution in [0, 0.1) is 5.92 Å². The van der Waals surface area contributed by atoms with Crippen molar-refractivity contribution in [3.63, 3.8) is 0 Å². The molecular formula is C10H13N3O2. The van der Waals surface area contributed by atoms with Gasteiger partial charge in [-0.2, -0.15) is 0 Å². The van der Waals surface area contributed by atoms with Crippen molar-refractivity contribution in [1.29, 1.82) is 0 Å². The van der Waals surface area contributed by atoms with E-state index < -0.39 is 0 Å². The topological polar surface area (TPSA) is 56.6 Å². The molecule has 1 aliphatic heterocycles. The van der Waals surface area contributed by atoms with E-state index in [1.807, 2.05) is 0 Å². The maximum Gasteiger partial charge on any atom is 0.235 e. The van der Waals surface area contributed by atoms with Gasteiger partial charge in [0.2, 0.25) is 5.90 Å². The lowest BCUT2D eigenvalue weighted by atomic mass is 10.1. The maximum absolute atomic E-state index is 5.46. The highest BCUT2D eigenvalue weighted by atomic mass is 16.7. The zero-order valence-electron chi connectivity index (χ0n) is 8.75. The standard InChI is InChI=1S/C10H13N3O2/c1-7(2)9-3-10(13-15-9)14-8-4-11-6-12-5-8/h4-7,9H,3H2,1-2H3. The van der Waals surface area contributed by atoms with Gasteiger partial charge in [-0.25, -0.2) is 9.97 Å². The summed E-state index contributed by atoms with van der Waals surface area (Å²) in [7, 11) is 0. The van der Waals surface area contributed by atoms with Gasteiger partial charge >= 0.3 is 0 Å². The first-order valence-electron chi connectivity index (χ1n) is 4.91. The lowest BCUT2D eigenvalue weighted by Gasteiger charge is -2.10. The Kier molecular flexibility index (Phi) is 2.80. The molecule has 0 saturated carbocycles. The van der Waals surface area contributed by atoms with Gasteiger partial charge in [0.05, 0.1) is 18.8 Å². The second-order valence-electron chi connectivity index (χ2n) is 3.75. The number of hydrogen-bond donors (Lipinski definition) is 0. The smallest absolute Gasteiger partial charge is 0.235 e. The highest BCUT2D eigenvalue weighted by Crippen LogP contribution is 2.19. The van der Waals surface area contributed by atoms with E-state index in [1.165, 1.54) is 6.33 Å². The van der Waals surface area contributed by atoms with Crippen molar-refractivity contribution in [3.8, 4) is 5.75 Å². The Hall–Kier alpha value is -1.65. The predicted octanol–water partition coefficient (Wildman–Crippen LogP) is 1.61. The van der Waals surface area contributed by atoms with Crippen LogP contribution in [0.1, 0.15) is 20.3 Å². The third kappa shape index (κ3) is 2.43. The van der Waals surface area contributed by atoms with Crippen molar-refractivity contribution in [2.24, 2.45) is 11.1 Å². The van der Waals surface area contributed by atoms with Crippen molar-refractivity contribution in [2.75, 3.05) is 0 Å². The molecule has 1 aromatic heterocycles. The molecule has 0 saturated heterocycles. The molecule has 0 amide bonds. The minimum absolute atomic E-state index is 0.115. The zero-order valence-corrected chi connectivity index (χ0v) is 8.75. The summed E-state index contributed by atoms with van der Waals surface area (Å²) >= 11 is 0. The minimum atomic E-state index is 0.115. The van der Waals surface area contributed by atoms with E-state index in [0.717, 1.165) is 0 Å². The van der Waals surface area contributed by atoms with Gasteiger partial charge in [-0.05, 0) is 5.92 Å². The minimum Gasteiger partial charge on any atom is -0.436 e. The summed E-state index contributed by atoms with van der Waals surface area (Å²) in [6, 6.07) is 0. The van der Waals surface area contributed by atoms with Crippen molar-refractivity contribution in [1.82, 2.24) is 9.97 Å². The third-order valence-corrected chi connectivity index (χ3v) is 2.18. The van der Waals surface area contributed by atoms with Crippen molar-refractivity contribution in [3.05, 3.63) is 18.7 Å². The molecule has 80 valence electrons. The van der Waals surface area contributed by atoms with Gasteiger partial charge in [-0.3, -0.25) is 0 Å². The van der Waals surface area contributed by atoms with E-state index in [-0.39, 0.29) is 6.10 Å². The quantitative estimate of drug-likeness (QED) is 0.739. The van der Waals surface area contributed by atoms with E-state index in [9.17, 15) is 0 Å². The van der Waals surface area contributed by atoms with Crippen molar-refractivity contribution >= 4 is 5.90 Å². The fraction of sp³-hybridized carbons (Fsp3) is 0.500. The number of rotatable bonds is 2. The first kappa shape index (κ1) is 9.89. The largest absolute Gasteiger partial charge is 0.436 e. The fourth-order valence-corrected chi connectivity index (χ4v) is 1.26. The van der Waals surface area contributed by atoms with E-state index in [2.05, 4.69) is 29.0 Å². The molecule has 0 radical (unpaired) electrons. The Bertz CT molecular complexity index is 351. The normalized spacial score (nSPS) is 19.9. The molecule has 1 unspecified atom stereocenters. The number of hydrogen-bond acceptors (Lipinski definition) is 5. The fourth-order valence-electron chi connectivity index (χ4n) is 1.26. The molecule has 0 aromatic carbocycles. The Morgan fingerprint density at radius 2 is 2.13 bits per heavy atom. The average molecular weight is 207 g/mol. The van der Waals surface area contributed by atoms with Crippen LogP contribution in [0.15, 0.2) is 23.9 Å². The van der Waals surface area contributed by atoms with Gasteiger partial charge in [-0.15, -0.1) is 0 Å². The molecule has 1 aliphatic rings. The second kappa shape index (κ2) is 4.25. The summed E-state index contributed by atoms with van der Waals surface area (Å²) in [5, 5.41) is 3.87. The molecule has 1 atom stereocenters. The Morgan fingerprint density at radius 3 is 2.73 bits per heavy atom. The lowest BCUT2D eigenvalue weighted by molar-refractivity contribution is 0.0520. The lowest BCUT2D eigenvalue weighted by Crippen LogP contribution is -2.17. The van der Waals surface area contributed by atoms with Gasteiger partial charge in [-0.1, -0.05) is 19.0 Å². The summed E-state index contributed by atoms with van der Waals surface area (Å²) in [6.07, 6.45) is 5.46. The summed E-state index contributed by atoms with van der Waals surface area (Å²) in [5.41, 5.74) is 0. The van der Waals surface area contributed by atoms with Crippen LogP contribution in [0.3, 0.4) is 0 Å². The molecule has 0 fully saturated rings. The molecule has 0 spiro atoms. The summed E-state index contributed by atoms with van der Waals surface area (Å²) in [5.74, 6) is 1.61. The highest BCUT2D eigenvalue weighted by Gasteiger charge is 2.25. The van der Waals surface area contributed by atoms with Crippen LogP contribution >= 0.6 is 0 Å². The van der Waals surface area contributed by atoms with Gasteiger partial charge < -0.3 is 9.57 Å². The first-order valence-corrected chi connectivity index (χ1v) is 4.91. The molecular weight excluding hydrogens is 194 g/mol. The summed E-state index contributed by atoms with van der Waals surface area (Å²) < 4.78 is 5.46. The maximum atomic E-state index is 5.46. The molecule has 15 heavy (non-hydrogen) atoms. The van der Waals surface area contributed by atoms with E-state index in [1.54, 1.807) is 12.4 Å². The summed E-state index contributed by atoms with van der Waals surface area (Å²) in [4.78, 5) is 12.9. The number of nitrogens with zero attached hydrogens (tertiary/aromatic N) is 3. The van der Waals surface area contributed by atoms with E-state index in [0.29, 0.717) is 24.0 Å². The van der Waals surface area contributed by atoms with Crippen LogP contribution in [0.4, 0.5) is 0 Å². The van der Waals surface area contributed by atoms with E-state index >= 15 is 0 Å². The number of ether oxygens (including phenoxy) is 1. The highest BCUT2D eigenvalue weighted by molar-refractivity contribution is 5.79. The van der Waals surface area contributed by atoms with Gasteiger partial charge in [0.15, 0.2) is 5.75 Å². The van der Waals surface area contributed by atoms with Gasteiger partial charge in [0.25, 0.3) is 0 Å². The Morgan fingerprint density at radius 1 is 1.40 bits per heavy atom. The molecule has 5 heteroatoms. The molecule has 2 heterocycles. The van der Waals surface area contributed by atoms with Crippen LogP contribution in [-0.2, 0) is 4.84 Å². The molecule has 5 nitrogen and oxygen atoms in total. The SMILES string of the molecule is CC(C)C1CC(Oc2cncnc2)=NO1. The molecule has 0 bridgehead atoms.